The summed E-state index contributed by atoms with van der Waals surface area (Å²) in [4.78, 5) is 14.1. The Balaban J connectivity index is 1.91. The molecule has 0 fully saturated rings. The van der Waals surface area contributed by atoms with Gasteiger partial charge in [-0.2, -0.15) is 11.3 Å². The smallest absolute Gasteiger partial charge is 0.406 e. The second-order valence-corrected chi connectivity index (χ2v) is 6.06. The highest BCUT2D eigenvalue weighted by molar-refractivity contribution is 7.07. The summed E-state index contributed by atoms with van der Waals surface area (Å²) in [5.41, 5.74) is 1.53. The highest BCUT2D eigenvalue weighted by Crippen LogP contribution is 2.24. The molecule has 0 saturated heterocycles. The second-order valence-electron chi connectivity index (χ2n) is 5.28. The van der Waals surface area contributed by atoms with Crippen LogP contribution in [0, 0.1) is 0 Å². The van der Waals surface area contributed by atoms with Gasteiger partial charge in [0.2, 0.25) is 5.91 Å². The van der Waals surface area contributed by atoms with Gasteiger partial charge >= 0.3 is 6.36 Å². The lowest BCUT2D eigenvalue weighted by Gasteiger charge is -2.23. The number of carbonyl (C=O) groups excluding carboxylic acids is 1. The first kappa shape index (κ1) is 18.3. The quantitative estimate of drug-likeness (QED) is 0.845. The maximum atomic E-state index is 12.2. The van der Waals surface area contributed by atoms with Gasteiger partial charge in [-0.3, -0.25) is 9.69 Å². The topological polar surface area (TPSA) is 41.6 Å². The fourth-order valence-electron chi connectivity index (χ4n) is 1.99. The van der Waals surface area contributed by atoms with Gasteiger partial charge in [-0.15, -0.1) is 13.2 Å². The zero-order chi connectivity index (χ0) is 17.7. The zero-order valence-corrected chi connectivity index (χ0v) is 13.9. The number of benzene rings is 1. The van der Waals surface area contributed by atoms with E-state index in [-0.39, 0.29) is 11.7 Å². The first-order chi connectivity index (χ1) is 11.2. The number of rotatable bonds is 6. The van der Waals surface area contributed by atoms with Crippen molar-refractivity contribution in [2.24, 2.45) is 0 Å². The third-order valence-electron chi connectivity index (χ3n) is 3.41. The summed E-state index contributed by atoms with van der Waals surface area (Å²) in [6.45, 7) is 2.40. The minimum absolute atomic E-state index is 0.239. The number of thiophene rings is 1. The molecule has 0 unspecified atom stereocenters. The SMILES string of the molecule is C[C@@H](C(=O)Nc1ccc(OC(F)(F)F)cc1)N(C)Cc1ccsc1. The lowest BCUT2D eigenvalue weighted by atomic mass is 10.2. The van der Waals surface area contributed by atoms with Gasteiger partial charge < -0.3 is 10.1 Å². The molecule has 2 rings (SSSR count). The standard InChI is InChI=1S/C16H17F3N2O2S/c1-11(21(2)9-12-7-8-24-10-12)15(22)20-13-3-5-14(6-4-13)23-16(17,18)19/h3-8,10-11H,9H2,1-2H3,(H,20,22)/t11-/m0/s1. The maximum absolute atomic E-state index is 12.2. The molecular weight excluding hydrogens is 341 g/mol. The van der Waals surface area contributed by atoms with Crippen LogP contribution in [0.1, 0.15) is 12.5 Å². The average Bonchev–Trinajstić information content (AvgIpc) is 2.99. The molecule has 1 heterocycles. The van der Waals surface area contributed by atoms with Crippen molar-refractivity contribution in [2.75, 3.05) is 12.4 Å². The fraction of sp³-hybridized carbons (Fsp3) is 0.312. The van der Waals surface area contributed by atoms with Gasteiger partial charge in [-0.1, -0.05) is 0 Å². The van der Waals surface area contributed by atoms with Gasteiger partial charge in [0.1, 0.15) is 5.75 Å². The molecular formula is C16H17F3N2O2S. The molecule has 0 bridgehead atoms. The van der Waals surface area contributed by atoms with Crippen molar-refractivity contribution in [3.8, 4) is 5.75 Å². The molecule has 1 aromatic heterocycles. The van der Waals surface area contributed by atoms with Crippen molar-refractivity contribution in [3.63, 3.8) is 0 Å². The molecule has 8 heteroatoms. The van der Waals surface area contributed by atoms with Crippen LogP contribution >= 0.6 is 11.3 Å². The maximum Gasteiger partial charge on any atom is 0.573 e. The van der Waals surface area contributed by atoms with E-state index in [9.17, 15) is 18.0 Å². The fourth-order valence-corrected chi connectivity index (χ4v) is 2.65. The van der Waals surface area contributed by atoms with Gasteiger partial charge in [0.05, 0.1) is 6.04 Å². The van der Waals surface area contributed by atoms with E-state index in [2.05, 4.69) is 10.1 Å². The summed E-state index contributed by atoms with van der Waals surface area (Å²) >= 11 is 1.59. The molecule has 2 aromatic rings. The Kier molecular flexibility index (Phi) is 5.84. The molecule has 0 spiro atoms. The van der Waals surface area contributed by atoms with Crippen molar-refractivity contribution >= 4 is 22.9 Å². The third kappa shape index (κ3) is 5.54. The van der Waals surface area contributed by atoms with Crippen LogP contribution in [-0.2, 0) is 11.3 Å². The molecule has 1 atom stereocenters. The van der Waals surface area contributed by atoms with E-state index in [4.69, 9.17) is 0 Å². The number of hydrogen-bond acceptors (Lipinski definition) is 4. The lowest BCUT2D eigenvalue weighted by Crippen LogP contribution is -2.39. The van der Waals surface area contributed by atoms with Gasteiger partial charge in [0.25, 0.3) is 0 Å². The monoisotopic (exact) mass is 358 g/mol. The van der Waals surface area contributed by atoms with E-state index in [1.165, 1.54) is 12.1 Å². The Morgan fingerprint density at radius 3 is 2.50 bits per heavy atom. The number of halogens is 3. The first-order valence-electron chi connectivity index (χ1n) is 7.12. The van der Waals surface area contributed by atoms with E-state index in [1.54, 1.807) is 18.3 Å². The van der Waals surface area contributed by atoms with Crippen molar-refractivity contribution in [2.45, 2.75) is 25.9 Å². The number of carbonyl (C=O) groups is 1. The highest BCUT2D eigenvalue weighted by Gasteiger charge is 2.31. The van der Waals surface area contributed by atoms with E-state index < -0.39 is 12.4 Å². The van der Waals surface area contributed by atoms with E-state index in [0.29, 0.717) is 12.2 Å². The third-order valence-corrected chi connectivity index (χ3v) is 4.14. The van der Waals surface area contributed by atoms with Crippen LogP contribution in [0.15, 0.2) is 41.1 Å². The van der Waals surface area contributed by atoms with Crippen LogP contribution in [0.5, 0.6) is 5.75 Å². The Morgan fingerprint density at radius 2 is 1.96 bits per heavy atom. The molecule has 4 nitrogen and oxygen atoms in total. The Labute approximate surface area is 141 Å². The average molecular weight is 358 g/mol. The highest BCUT2D eigenvalue weighted by atomic mass is 32.1. The zero-order valence-electron chi connectivity index (χ0n) is 13.1. The molecule has 1 aromatic carbocycles. The number of amides is 1. The summed E-state index contributed by atoms with van der Waals surface area (Å²) in [6, 6.07) is 6.64. The number of hydrogen-bond donors (Lipinski definition) is 1. The van der Waals surface area contributed by atoms with Crippen molar-refractivity contribution < 1.29 is 22.7 Å². The van der Waals surface area contributed by atoms with E-state index >= 15 is 0 Å². The van der Waals surface area contributed by atoms with Crippen molar-refractivity contribution in [3.05, 3.63) is 46.7 Å². The number of alkyl halides is 3. The second kappa shape index (κ2) is 7.67. The van der Waals surface area contributed by atoms with Crippen molar-refractivity contribution in [1.82, 2.24) is 4.90 Å². The Bertz CT molecular complexity index is 657. The molecule has 1 amide bonds. The minimum atomic E-state index is -4.73. The predicted molar refractivity (Wildman–Crippen MR) is 87.0 cm³/mol. The van der Waals surface area contributed by atoms with Crippen molar-refractivity contribution in [1.29, 1.82) is 0 Å². The van der Waals surface area contributed by atoms with Gasteiger partial charge in [0.15, 0.2) is 0 Å². The summed E-state index contributed by atoms with van der Waals surface area (Å²) in [5.74, 6) is -0.569. The molecule has 24 heavy (non-hydrogen) atoms. The normalized spacial score (nSPS) is 12.9. The summed E-state index contributed by atoms with van der Waals surface area (Å²) in [7, 11) is 1.84. The Morgan fingerprint density at radius 1 is 1.29 bits per heavy atom. The molecule has 0 radical (unpaired) electrons. The molecule has 0 saturated carbocycles. The Hall–Kier alpha value is -2.06. The van der Waals surface area contributed by atoms with Crippen LogP contribution in [0.25, 0.3) is 0 Å². The molecule has 0 aliphatic heterocycles. The predicted octanol–water partition coefficient (Wildman–Crippen LogP) is 4.11. The summed E-state index contributed by atoms with van der Waals surface area (Å²) in [5, 5.41) is 6.66. The number of anilines is 1. The van der Waals surface area contributed by atoms with Crippen LogP contribution in [-0.4, -0.2) is 30.3 Å². The minimum Gasteiger partial charge on any atom is -0.406 e. The summed E-state index contributed by atoms with van der Waals surface area (Å²) in [6.07, 6.45) is -4.73. The van der Waals surface area contributed by atoms with Crippen LogP contribution in [0.2, 0.25) is 0 Å². The molecule has 1 N–H and O–H groups in total. The number of nitrogens with one attached hydrogen (secondary N) is 1. The van der Waals surface area contributed by atoms with E-state index in [0.717, 1.165) is 17.7 Å². The largest absolute Gasteiger partial charge is 0.573 e. The molecule has 0 aliphatic carbocycles. The van der Waals surface area contributed by atoms with Gasteiger partial charge in [-0.25, -0.2) is 0 Å². The lowest BCUT2D eigenvalue weighted by molar-refractivity contribution is -0.274. The van der Waals surface area contributed by atoms with Crippen LogP contribution < -0.4 is 10.1 Å². The number of ether oxygens (including phenoxy) is 1. The van der Waals surface area contributed by atoms with Gasteiger partial charge in [-0.05, 0) is 60.6 Å². The number of nitrogens with zero attached hydrogens (tertiary/aromatic N) is 1. The number of likely N-dealkylation sites (N-methyl/N-ethyl adjacent to an activating group) is 1. The van der Waals surface area contributed by atoms with Crippen LogP contribution in [0.3, 0.4) is 0 Å². The molecule has 0 aliphatic rings. The van der Waals surface area contributed by atoms with Gasteiger partial charge in [0, 0.05) is 12.2 Å². The summed E-state index contributed by atoms with van der Waals surface area (Å²) < 4.78 is 40.1. The molecule has 130 valence electrons. The van der Waals surface area contributed by atoms with Crippen LogP contribution in [0.4, 0.5) is 18.9 Å². The first-order valence-corrected chi connectivity index (χ1v) is 8.07. The van der Waals surface area contributed by atoms with E-state index in [1.807, 2.05) is 28.8 Å².